The fraction of sp³-hybridized carbons (Fsp3) is 0.520. The maximum Gasteiger partial charge on any atom is 0.314 e. The van der Waals surface area contributed by atoms with Crippen molar-refractivity contribution in [3.05, 3.63) is 39.5 Å². The van der Waals surface area contributed by atoms with Crippen LogP contribution in [0.5, 0.6) is 0 Å². The summed E-state index contributed by atoms with van der Waals surface area (Å²) in [5.41, 5.74) is 1.88. The van der Waals surface area contributed by atoms with Gasteiger partial charge in [0.25, 0.3) is 5.91 Å². The molecule has 1 saturated carbocycles. The highest BCUT2D eigenvalue weighted by molar-refractivity contribution is 7.13. The van der Waals surface area contributed by atoms with Gasteiger partial charge in [-0.1, -0.05) is 6.07 Å². The van der Waals surface area contributed by atoms with Gasteiger partial charge in [-0.3, -0.25) is 19.2 Å². The second-order valence-electron chi connectivity index (χ2n) is 9.95. The molecule has 12 heteroatoms. The molecule has 198 valence electrons. The third kappa shape index (κ3) is 6.50. The van der Waals surface area contributed by atoms with Crippen LogP contribution in [-0.4, -0.2) is 83.2 Å². The first-order valence-corrected chi connectivity index (χ1v) is 13.2. The fourth-order valence-corrected chi connectivity index (χ4v) is 5.78. The molecule has 3 atom stereocenters. The third-order valence-electron chi connectivity index (χ3n) is 6.75. The van der Waals surface area contributed by atoms with Crippen molar-refractivity contribution in [1.29, 1.82) is 0 Å². The molecule has 0 spiro atoms. The predicted octanol–water partition coefficient (Wildman–Crippen LogP) is 0.945. The van der Waals surface area contributed by atoms with Crippen LogP contribution in [0.2, 0.25) is 0 Å². The summed E-state index contributed by atoms with van der Waals surface area (Å²) in [7, 11) is 5.43. The summed E-state index contributed by atoms with van der Waals surface area (Å²) >= 11 is 1.37. The van der Waals surface area contributed by atoms with Crippen molar-refractivity contribution in [2.75, 3.05) is 33.0 Å². The zero-order valence-corrected chi connectivity index (χ0v) is 22.4. The summed E-state index contributed by atoms with van der Waals surface area (Å²) < 4.78 is 0. The van der Waals surface area contributed by atoms with Crippen LogP contribution in [-0.2, 0) is 27.3 Å². The van der Waals surface area contributed by atoms with Crippen molar-refractivity contribution < 1.29 is 19.2 Å². The summed E-state index contributed by atoms with van der Waals surface area (Å²) in [4.78, 5) is 64.5. The Bertz CT molecular complexity index is 1180. The number of carbonyl (C=O) groups excluding carboxylic acids is 4. The zero-order chi connectivity index (χ0) is 26.7. The van der Waals surface area contributed by atoms with E-state index in [2.05, 4.69) is 30.8 Å². The van der Waals surface area contributed by atoms with Crippen molar-refractivity contribution >= 4 is 40.8 Å². The van der Waals surface area contributed by atoms with Gasteiger partial charge in [0, 0.05) is 56.6 Å². The number of aryl methyl sites for hydroxylation is 1. The first kappa shape index (κ1) is 26.7. The minimum atomic E-state index is -0.843. The SMILES string of the molecule is Cc1ccc(NC(=O)C(=O)N[C@H]2CC[C@H](C(=O)N(C)C)C[C@H]2NC(=O)c2nc3c(s2)CN(C)CC3)nc1. The van der Waals surface area contributed by atoms with Crippen LogP contribution < -0.4 is 16.0 Å². The molecule has 0 saturated heterocycles. The molecule has 11 nitrogen and oxygen atoms in total. The molecular formula is C25H33N7O4S. The molecule has 4 rings (SSSR count). The number of hydrogen-bond donors (Lipinski definition) is 3. The van der Waals surface area contributed by atoms with Crippen LogP contribution in [0.25, 0.3) is 0 Å². The smallest absolute Gasteiger partial charge is 0.314 e. The first-order chi connectivity index (χ1) is 17.6. The molecule has 2 aliphatic rings. The van der Waals surface area contributed by atoms with E-state index in [9.17, 15) is 19.2 Å². The van der Waals surface area contributed by atoms with Gasteiger partial charge < -0.3 is 25.8 Å². The van der Waals surface area contributed by atoms with Crippen molar-refractivity contribution in [3.8, 4) is 0 Å². The van der Waals surface area contributed by atoms with Gasteiger partial charge >= 0.3 is 11.8 Å². The van der Waals surface area contributed by atoms with Gasteiger partial charge in [0.2, 0.25) is 5.91 Å². The van der Waals surface area contributed by atoms with Crippen LogP contribution in [0.1, 0.15) is 45.2 Å². The molecule has 0 bridgehead atoms. The molecule has 2 aromatic heterocycles. The van der Waals surface area contributed by atoms with E-state index < -0.39 is 23.9 Å². The standard InChI is InChI=1S/C25H33N7O4S/c1-14-5-8-20(26-12-14)30-22(34)21(33)27-16-7-6-15(25(36)31(2)3)11-18(16)28-23(35)24-29-17-9-10-32(4)13-19(17)37-24/h5,8,12,15-16,18H,6-7,9-11,13H2,1-4H3,(H,27,33)(H,28,35)(H,26,30,34)/t15-,16-,18+/m0/s1. The van der Waals surface area contributed by atoms with Crippen LogP contribution in [0.3, 0.4) is 0 Å². The van der Waals surface area contributed by atoms with Gasteiger partial charge in [-0.05, 0) is 44.9 Å². The molecule has 1 aliphatic carbocycles. The summed E-state index contributed by atoms with van der Waals surface area (Å²) in [6, 6.07) is 2.35. The zero-order valence-electron chi connectivity index (χ0n) is 21.5. The normalized spacial score (nSPS) is 21.5. The average molecular weight is 528 g/mol. The lowest BCUT2D eigenvalue weighted by atomic mass is 9.81. The number of nitrogens with zero attached hydrogens (tertiary/aromatic N) is 4. The number of hydrogen-bond acceptors (Lipinski definition) is 8. The van der Waals surface area contributed by atoms with E-state index >= 15 is 0 Å². The molecule has 3 heterocycles. The van der Waals surface area contributed by atoms with E-state index in [-0.39, 0.29) is 23.6 Å². The average Bonchev–Trinajstić information content (AvgIpc) is 3.29. The summed E-state index contributed by atoms with van der Waals surface area (Å²) in [5.74, 6) is -2.05. The number of thiazole rings is 1. The van der Waals surface area contributed by atoms with E-state index in [0.717, 1.165) is 35.6 Å². The van der Waals surface area contributed by atoms with Crippen LogP contribution in [0.4, 0.5) is 5.82 Å². The maximum atomic E-state index is 13.2. The summed E-state index contributed by atoms with van der Waals surface area (Å²) in [5, 5.41) is 8.61. The maximum absolute atomic E-state index is 13.2. The molecular weight excluding hydrogens is 494 g/mol. The Morgan fingerprint density at radius 1 is 1.08 bits per heavy atom. The lowest BCUT2D eigenvalue weighted by Gasteiger charge is -2.37. The highest BCUT2D eigenvalue weighted by atomic mass is 32.1. The molecule has 0 unspecified atom stereocenters. The van der Waals surface area contributed by atoms with Crippen molar-refractivity contribution in [3.63, 3.8) is 0 Å². The topological polar surface area (TPSA) is 137 Å². The largest absolute Gasteiger partial charge is 0.349 e. The molecule has 3 N–H and O–H groups in total. The lowest BCUT2D eigenvalue weighted by Crippen LogP contribution is -2.57. The van der Waals surface area contributed by atoms with E-state index in [1.54, 1.807) is 32.4 Å². The third-order valence-corrected chi connectivity index (χ3v) is 7.83. The Labute approximate surface area is 220 Å². The number of carbonyl (C=O) groups is 4. The van der Waals surface area contributed by atoms with Gasteiger partial charge in [-0.25, -0.2) is 9.97 Å². The highest BCUT2D eigenvalue weighted by Crippen LogP contribution is 2.28. The first-order valence-electron chi connectivity index (χ1n) is 12.3. The van der Waals surface area contributed by atoms with Crippen molar-refractivity contribution in [2.45, 2.75) is 51.2 Å². The second kappa shape index (κ2) is 11.3. The quantitative estimate of drug-likeness (QED) is 0.493. The Hall–Kier alpha value is -3.38. The Kier molecular flexibility index (Phi) is 8.18. The van der Waals surface area contributed by atoms with Gasteiger partial charge in [0.05, 0.1) is 11.7 Å². The molecule has 4 amide bonds. The minimum Gasteiger partial charge on any atom is -0.349 e. The van der Waals surface area contributed by atoms with Gasteiger partial charge in [0.1, 0.15) is 5.82 Å². The van der Waals surface area contributed by atoms with Crippen LogP contribution >= 0.6 is 11.3 Å². The second-order valence-corrected chi connectivity index (χ2v) is 11.0. The number of pyridine rings is 1. The Morgan fingerprint density at radius 3 is 2.57 bits per heavy atom. The fourth-order valence-electron chi connectivity index (χ4n) is 4.69. The number of aromatic nitrogens is 2. The molecule has 2 aromatic rings. The number of rotatable bonds is 5. The summed E-state index contributed by atoms with van der Waals surface area (Å²) in [6.07, 6.45) is 3.71. The van der Waals surface area contributed by atoms with Crippen LogP contribution in [0.15, 0.2) is 18.3 Å². The Balaban J connectivity index is 1.45. The van der Waals surface area contributed by atoms with Gasteiger partial charge in [-0.15, -0.1) is 11.3 Å². The van der Waals surface area contributed by atoms with E-state index in [0.29, 0.717) is 24.3 Å². The monoisotopic (exact) mass is 527 g/mol. The Morgan fingerprint density at radius 2 is 1.86 bits per heavy atom. The number of nitrogens with one attached hydrogen (secondary N) is 3. The lowest BCUT2D eigenvalue weighted by molar-refractivity contribution is -0.137. The highest BCUT2D eigenvalue weighted by Gasteiger charge is 2.37. The molecule has 0 aromatic carbocycles. The number of amides is 4. The minimum absolute atomic E-state index is 0.0278. The van der Waals surface area contributed by atoms with Crippen molar-refractivity contribution in [2.24, 2.45) is 5.92 Å². The molecule has 0 radical (unpaired) electrons. The van der Waals surface area contributed by atoms with Gasteiger partial charge in [-0.2, -0.15) is 0 Å². The molecule has 37 heavy (non-hydrogen) atoms. The number of likely N-dealkylation sites (N-methyl/N-ethyl adjacent to an activating group) is 1. The van der Waals surface area contributed by atoms with Gasteiger partial charge in [0.15, 0.2) is 5.01 Å². The number of anilines is 1. The number of fused-ring (bicyclic) bond motifs is 1. The summed E-state index contributed by atoms with van der Waals surface area (Å²) in [6.45, 7) is 3.52. The van der Waals surface area contributed by atoms with Crippen molar-refractivity contribution in [1.82, 2.24) is 30.4 Å². The van der Waals surface area contributed by atoms with E-state index in [1.165, 1.54) is 16.2 Å². The van der Waals surface area contributed by atoms with E-state index in [1.807, 2.05) is 14.0 Å². The van der Waals surface area contributed by atoms with Crippen LogP contribution in [0, 0.1) is 12.8 Å². The predicted molar refractivity (Wildman–Crippen MR) is 139 cm³/mol. The van der Waals surface area contributed by atoms with E-state index in [4.69, 9.17) is 0 Å². The molecule has 1 aliphatic heterocycles. The molecule has 1 fully saturated rings.